The molecule has 1 aliphatic rings. The van der Waals surface area contributed by atoms with E-state index in [0.29, 0.717) is 0 Å². The summed E-state index contributed by atoms with van der Waals surface area (Å²) in [6, 6.07) is 8.70. The molecule has 1 saturated heterocycles. The van der Waals surface area contributed by atoms with Gasteiger partial charge in [-0.05, 0) is 12.5 Å². The van der Waals surface area contributed by atoms with Gasteiger partial charge in [0.1, 0.15) is 5.54 Å². The molecule has 0 aliphatic carbocycles. The van der Waals surface area contributed by atoms with Gasteiger partial charge in [-0.3, -0.25) is 10.1 Å². The summed E-state index contributed by atoms with van der Waals surface area (Å²) in [7, 11) is 0. The van der Waals surface area contributed by atoms with Gasteiger partial charge in [-0.2, -0.15) is 0 Å². The summed E-state index contributed by atoms with van der Waals surface area (Å²) in [5, 5.41) is 4.81. The molecule has 0 spiro atoms. The monoisotopic (exact) mass is 229 g/mol. The normalized spacial score (nSPS) is 24.1. The standard InChI is InChI=1S/C10H10N2O2.K/c1-10(7-5-3-2-4-6-7)8(13)11-9(14)12-10;/h2-6H,1H3,(H2,11,12,13,14);. The fourth-order valence-corrected chi connectivity index (χ4v) is 1.52. The number of hydrogen-bond acceptors (Lipinski definition) is 2. The van der Waals surface area contributed by atoms with Gasteiger partial charge in [-0.25, -0.2) is 4.79 Å². The molecular formula is C10H10KN2O2. The largest absolute Gasteiger partial charge is 0.322 e. The Morgan fingerprint density at radius 2 is 1.73 bits per heavy atom. The van der Waals surface area contributed by atoms with Crippen molar-refractivity contribution in [2.75, 3.05) is 0 Å². The SMILES string of the molecule is CC1(c2ccccc2)NC(=O)NC1=O.[K]. The zero-order valence-corrected chi connectivity index (χ0v) is 11.8. The Morgan fingerprint density at radius 3 is 2.20 bits per heavy atom. The molecule has 1 unspecified atom stereocenters. The molecule has 4 nitrogen and oxygen atoms in total. The molecule has 1 heterocycles. The van der Waals surface area contributed by atoms with Crippen molar-refractivity contribution < 1.29 is 9.59 Å². The van der Waals surface area contributed by atoms with Crippen LogP contribution in [0.25, 0.3) is 0 Å². The summed E-state index contributed by atoms with van der Waals surface area (Å²) in [5.74, 6) is -0.311. The summed E-state index contributed by atoms with van der Waals surface area (Å²) in [6.07, 6.45) is 0. The minimum absolute atomic E-state index is 0. The van der Waals surface area contributed by atoms with Crippen molar-refractivity contribution in [2.45, 2.75) is 12.5 Å². The Labute approximate surface area is 130 Å². The van der Waals surface area contributed by atoms with Crippen molar-refractivity contribution in [3.05, 3.63) is 35.9 Å². The van der Waals surface area contributed by atoms with E-state index in [0.717, 1.165) is 5.56 Å². The first-order chi connectivity index (χ1) is 6.63. The number of rotatable bonds is 1. The van der Waals surface area contributed by atoms with Crippen LogP contribution in [-0.4, -0.2) is 63.3 Å². The quantitative estimate of drug-likeness (QED) is 0.539. The minimum Gasteiger partial charge on any atom is -0.320 e. The van der Waals surface area contributed by atoms with E-state index in [9.17, 15) is 9.59 Å². The third-order valence-electron chi connectivity index (χ3n) is 2.40. The Balaban J connectivity index is 0.00000112. The van der Waals surface area contributed by atoms with Crippen molar-refractivity contribution in [1.29, 1.82) is 0 Å². The summed E-state index contributed by atoms with van der Waals surface area (Å²) >= 11 is 0. The van der Waals surface area contributed by atoms with E-state index < -0.39 is 11.6 Å². The summed E-state index contributed by atoms with van der Waals surface area (Å²) in [5.41, 5.74) is -0.151. The molecule has 1 atom stereocenters. The van der Waals surface area contributed by atoms with Gasteiger partial charge < -0.3 is 5.32 Å². The molecule has 73 valence electrons. The zero-order chi connectivity index (χ0) is 10.2. The summed E-state index contributed by atoms with van der Waals surface area (Å²) in [6.45, 7) is 1.68. The molecule has 2 N–H and O–H groups in total. The number of carbonyl (C=O) groups excluding carboxylic acids is 2. The van der Waals surface area contributed by atoms with Gasteiger partial charge in [0.25, 0.3) is 5.91 Å². The Kier molecular flexibility index (Phi) is 4.08. The molecule has 1 aromatic carbocycles. The van der Waals surface area contributed by atoms with Crippen LogP contribution in [0.3, 0.4) is 0 Å². The first kappa shape index (κ1) is 12.9. The average molecular weight is 229 g/mol. The third kappa shape index (κ3) is 2.32. The first-order valence-corrected chi connectivity index (χ1v) is 4.32. The predicted octanol–water partition coefficient (Wildman–Crippen LogP) is 0.360. The van der Waals surface area contributed by atoms with E-state index in [1.165, 1.54) is 0 Å². The Morgan fingerprint density at radius 1 is 1.13 bits per heavy atom. The van der Waals surface area contributed by atoms with Crippen molar-refractivity contribution in [3.63, 3.8) is 0 Å². The van der Waals surface area contributed by atoms with Gasteiger partial charge in [0.05, 0.1) is 0 Å². The van der Waals surface area contributed by atoms with Crippen molar-refractivity contribution in [2.24, 2.45) is 0 Å². The molecule has 0 saturated carbocycles. The van der Waals surface area contributed by atoms with Crippen LogP contribution in [0.1, 0.15) is 12.5 Å². The average Bonchev–Trinajstić information content (AvgIpc) is 2.43. The van der Waals surface area contributed by atoms with Crippen LogP contribution in [-0.2, 0) is 10.3 Å². The Bertz CT molecular complexity index is 394. The molecule has 0 aromatic heterocycles. The van der Waals surface area contributed by atoms with E-state index in [4.69, 9.17) is 0 Å². The molecule has 5 heteroatoms. The molecule has 15 heavy (non-hydrogen) atoms. The minimum atomic E-state index is -0.932. The van der Waals surface area contributed by atoms with Gasteiger partial charge >= 0.3 is 6.03 Å². The smallest absolute Gasteiger partial charge is 0.320 e. The van der Waals surface area contributed by atoms with Crippen molar-refractivity contribution >= 4 is 63.3 Å². The summed E-state index contributed by atoms with van der Waals surface area (Å²) < 4.78 is 0. The van der Waals surface area contributed by atoms with Crippen LogP contribution < -0.4 is 10.6 Å². The van der Waals surface area contributed by atoms with E-state index >= 15 is 0 Å². The number of carbonyl (C=O) groups is 2. The maximum absolute atomic E-state index is 11.5. The second-order valence-electron chi connectivity index (χ2n) is 3.40. The van der Waals surface area contributed by atoms with Gasteiger partial charge in [0.15, 0.2) is 0 Å². The van der Waals surface area contributed by atoms with E-state index in [-0.39, 0.29) is 57.3 Å². The van der Waals surface area contributed by atoms with E-state index in [2.05, 4.69) is 10.6 Å². The van der Waals surface area contributed by atoms with Crippen molar-refractivity contribution in [3.8, 4) is 0 Å². The molecular weight excluding hydrogens is 219 g/mol. The van der Waals surface area contributed by atoms with Crippen molar-refractivity contribution in [1.82, 2.24) is 10.6 Å². The molecule has 0 bridgehead atoms. The number of amides is 3. The van der Waals surface area contributed by atoms with Gasteiger partial charge in [0, 0.05) is 51.4 Å². The second-order valence-corrected chi connectivity index (χ2v) is 3.40. The van der Waals surface area contributed by atoms with Crippen LogP contribution in [0.4, 0.5) is 4.79 Å². The van der Waals surface area contributed by atoms with E-state index in [1.54, 1.807) is 6.92 Å². The number of benzene rings is 1. The molecule has 1 aliphatic heterocycles. The molecule has 1 fully saturated rings. The van der Waals surface area contributed by atoms with Crippen LogP contribution in [0.2, 0.25) is 0 Å². The van der Waals surface area contributed by atoms with Gasteiger partial charge in [-0.15, -0.1) is 0 Å². The molecule has 3 amide bonds. The van der Waals surface area contributed by atoms with Gasteiger partial charge in [0.2, 0.25) is 0 Å². The Hall–Kier alpha value is -0.204. The number of urea groups is 1. The maximum atomic E-state index is 11.5. The molecule has 1 radical (unpaired) electrons. The second kappa shape index (κ2) is 4.76. The number of hydrogen-bond donors (Lipinski definition) is 2. The van der Waals surface area contributed by atoms with Crippen LogP contribution in [0.5, 0.6) is 0 Å². The molecule has 1 aromatic rings. The maximum Gasteiger partial charge on any atom is 0.322 e. The fraction of sp³-hybridized carbons (Fsp3) is 0.200. The van der Waals surface area contributed by atoms with Crippen LogP contribution >= 0.6 is 0 Å². The van der Waals surface area contributed by atoms with Crippen LogP contribution in [0.15, 0.2) is 30.3 Å². The number of imide groups is 1. The summed E-state index contributed by atoms with van der Waals surface area (Å²) in [4.78, 5) is 22.5. The fourth-order valence-electron chi connectivity index (χ4n) is 1.52. The van der Waals surface area contributed by atoms with Gasteiger partial charge in [-0.1, -0.05) is 30.3 Å². The third-order valence-corrected chi connectivity index (χ3v) is 2.40. The van der Waals surface area contributed by atoms with E-state index in [1.807, 2.05) is 30.3 Å². The zero-order valence-electron chi connectivity index (χ0n) is 8.70. The predicted molar refractivity (Wildman–Crippen MR) is 56.2 cm³/mol. The topological polar surface area (TPSA) is 58.2 Å². The number of nitrogens with one attached hydrogen (secondary N) is 2. The van der Waals surface area contributed by atoms with Crippen LogP contribution in [0, 0.1) is 0 Å². The molecule has 2 rings (SSSR count). The first-order valence-electron chi connectivity index (χ1n) is 4.32.